The summed E-state index contributed by atoms with van der Waals surface area (Å²) in [5.74, 6) is 0.216. The quantitative estimate of drug-likeness (QED) is 0.774. The number of hydrogen-bond acceptors (Lipinski definition) is 4. The number of benzene rings is 2. The molecule has 0 unspecified atom stereocenters. The van der Waals surface area contributed by atoms with Crippen molar-refractivity contribution in [3.8, 4) is 11.4 Å². The van der Waals surface area contributed by atoms with Gasteiger partial charge in [0.25, 0.3) is 0 Å². The van der Waals surface area contributed by atoms with Gasteiger partial charge in [0.1, 0.15) is 6.54 Å². The Labute approximate surface area is 144 Å². The van der Waals surface area contributed by atoms with Crippen LogP contribution in [0, 0.1) is 6.92 Å². The number of aromatic nitrogens is 4. The highest BCUT2D eigenvalue weighted by molar-refractivity contribution is 6.33. The Morgan fingerprint density at radius 1 is 1.17 bits per heavy atom. The monoisotopic (exact) mass is 341 g/mol. The first-order valence-electron chi connectivity index (χ1n) is 7.47. The molecule has 0 fully saturated rings. The summed E-state index contributed by atoms with van der Waals surface area (Å²) < 4.78 is 0. The van der Waals surface area contributed by atoms with Crippen LogP contribution in [0.1, 0.15) is 11.1 Å². The first-order valence-corrected chi connectivity index (χ1v) is 7.85. The highest BCUT2D eigenvalue weighted by Crippen LogP contribution is 2.23. The Balaban J connectivity index is 1.62. The Bertz CT molecular complexity index is 861. The number of amides is 1. The minimum Gasteiger partial charge on any atom is -0.350 e. The van der Waals surface area contributed by atoms with E-state index in [0.29, 0.717) is 23.0 Å². The highest BCUT2D eigenvalue weighted by Gasteiger charge is 2.11. The largest absolute Gasteiger partial charge is 0.350 e. The lowest BCUT2D eigenvalue weighted by atomic mass is 10.1. The van der Waals surface area contributed by atoms with Gasteiger partial charge in [-0.25, -0.2) is 0 Å². The number of hydrogen-bond donors (Lipinski definition) is 1. The molecule has 0 radical (unpaired) electrons. The lowest BCUT2D eigenvalue weighted by molar-refractivity contribution is -0.122. The molecule has 1 heterocycles. The van der Waals surface area contributed by atoms with Crippen molar-refractivity contribution in [3.05, 3.63) is 64.7 Å². The number of rotatable bonds is 5. The molecule has 0 aliphatic carbocycles. The Morgan fingerprint density at radius 2 is 1.92 bits per heavy atom. The zero-order valence-corrected chi connectivity index (χ0v) is 13.9. The summed E-state index contributed by atoms with van der Waals surface area (Å²) >= 11 is 6.11. The number of nitrogens with zero attached hydrogens (tertiary/aromatic N) is 4. The summed E-state index contributed by atoms with van der Waals surface area (Å²) in [4.78, 5) is 13.3. The summed E-state index contributed by atoms with van der Waals surface area (Å²) in [6.07, 6.45) is 0. The first kappa shape index (κ1) is 16.1. The van der Waals surface area contributed by atoms with Crippen LogP contribution in [0.15, 0.2) is 48.5 Å². The standard InChI is InChI=1S/C17H16ClN5O/c1-12-6-2-3-7-13(12)10-19-16(24)11-23-21-17(20-22-23)14-8-4-5-9-15(14)18/h2-9H,10-11H2,1H3,(H,19,24). The van der Waals surface area contributed by atoms with Crippen molar-refractivity contribution in [2.24, 2.45) is 0 Å². The van der Waals surface area contributed by atoms with Gasteiger partial charge in [-0.05, 0) is 35.4 Å². The normalized spacial score (nSPS) is 10.6. The van der Waals surface area contributed by atoms with Gasteiger partial charge in [-0.2, -0.15) is 4.80 Å². The molecule has 0 aliphatic heterocycles. The van der Waals surface area contributed by atoms with E-state index in [2.05, 4.69) is 20.7 Å². The van der Waals surface area contributed by atoms with Crippen molar-refractivity contribution in [3.63, 3.8) is 0 Å². The highest BCUT2D eigenvalue weighted by atomic mass is 35.5. The predicted octanol–water partition coefficient (Wildman–Crippen LogP) is 2.62. The van der Waals surface area contributed by atoms with Crippen LogP contribution in [-0.4, -0.2) is 26.1 Å². The maximum atomic E-state index is 12.0. The molecule has 0 aliphatic rings. The van der Waals surface area contributed by atoms with Gasteiger partial charge in [0, 0.05) is 12.1 Å². The van der Waals surface area contributed by atoms with Crippen molar-refractivity contribution in [1.82, 2.24) is 25.5 Å². The molecule has 7 heteroatoms. The van der Waals surface area contributed by atoms with Crippen LogP contribution in [0.25, 0.3) is 11.4 Å². The Kier molecular flexibility index (Phi) is 4.86. The molecular formula is C17H16ClN5O. The molecule has 122 valence electrons. The Morgan fingerprint density at radius 3 is 2.71 bits per heavy atom. The summed E-state index contributed by atoms with van der Waals surface area (Å²) in [5, 5.41) is 15.5. The van der Waals surface area contributed by atoms with E-state index in [-0.39, 0.29) is 12.5 Å². The molecular weight excluding hydrogens is 326 g/mol. The van der Waals surface area contributed by atoms with E-state index in [4.69, 9.17) is 11.6 Å². The van der Waals surface area contributed by atoms with Crippen LogP contribution in [-0.2, 0) is 17.9 Å². The van der Waals surface area contributed by atoms with E-state index >= 15 is 0 Å². The third-order valence-corrected chi connectivity index (χ3v) is 3.92. The van der Waals surface area contributed by atoms with Crippen molar-refractivity contribution < 1.29 is 4.79 Å². The van der Waals surface area contributed by atoms with Gasteiger partial charge in [0.05, 0.1) is 5.02 Å². The second-order valence-electron chi connectivity index (χ2n) is 5.33. The summed E-state index contributed by atoms with van der Waals surface area (Å²) in [7, 11) is 0. The van der Waals surface area contributed by atoms with Gasteiger partial charge in [-0.1, -0.05) is 48.0 Å². The lowest BCUT2D eigenvalue weighted by Crippen LogP contribution is -2.28. The van der Waals surface area contributed by atoms with Gasteiger partial charge in [-0.3, -0.25) is 4.79 Å². The van der Waals surface area contributed by atoms with Crippen molar-refractivity contribution in [1.29, 1.82) is 0 Å². The smallest absolute Gasteiger partial charge is 0.243 e. The summed E-state index contributed by atoms with van der Waals surface area (Å²) in [6, 6.07) is 15.1. The minimum absolute atomic E-state index is 0.00331. The molecule has 2 aromatic carbocycles. The van der Waals surface area contributed by atoms with E-state index in [1.807, 2.05) is 49.4 Å². The molecule has 0 spiro atoms. The molecule has 0 saturated carbocycles. The van der Waals surface area contributed by atoms with Gasteiger partial charge in [0.2, 0.25) is 11.7 Å². The maximum Gasteiger partial charge on any atom is 0.243 e. The molecule has 1 amide bonds. The number of nitrogens with one attached hydrogen (secondary N) is 1. The summed E-state index contributed by atoms with van der Waals surface area (Å²) in [5.41, 5.74) is 2.90. The van der Waals surface area contributed by atoms with E-state index in [0.717, 1.165) is 11.1 Å². The van der Waals surface area contributed by atoms with Crippen molar-refractivity contribution in [2.75, 3.05) is 0 Å². The molecule has 1 aromatic heterocycles. The zero-order chi connectivity index (χ0) is 16.9. The van der Waals surface area contributed by atoms with Crippen LogP contribution >= 0.6 is 11.6 Å². The zero-order valence-electron chi connectivity index (χ0n) is 13.1. The van der Waals surface area contributed by atoms with Gasteiger partial charge in [-0.15, -0.1) is 10.2 Å². The molecule has 0 bridgehead atoms. The molecule has 1 N–H and O–H groups in total. The van der Waals surface area contributed by atoms with E-state index in [1.54, 1.807) is 6.07 Å². The van der Waals surface area contributed by atoms with Crippen LogP contribution in [0.3, 0.4) is 0 Å². The lowest BCUT2D eigenvalue weighted by Gasteiger charge is -2.07. The molecule has 6 nitrogen and oxygen atoms in total. The average molecular weight is 342 g/mol. The number of halogens is 1. The third kappa shape index (κ3) is 3.78. The van der Waals surface area contributed by atoms with Crippen LogP contribution in [0.2, 0.25) is 5.02 Å². The number of aryl methyl sites for hydroxylation is 1. The van der Waals surface area contributed by atoms with Gasteiger partial charge >= 0.3 is 0 Å². The molecule has 0 atom stereocenters. The molecule has 0 saturated heterocycles. The third-order valence-electron chi connectivity index (χ3n) is 3.59. The topological polar surface area (TPSA) is 72.7 Å². The second kappa shape index (κ2) is 7.23. The van der Waals surface area contributed by atoms with E-state index < -0.39 is 0 Å². The van der Waals surface area contributed by atoms with Crippen molar-refractivity contribution in [2.45, 2.75) is 20.0 Å². The van der Waals surface area contributed by atoms with Gasteiger partial charge in [0.15, 0.2) is 0 Å². The van der Waals surface area contributed by atoms with Crippen LogP contribution in [0.5, 0.6) is 0 Å². The summed E-state index contributed by atoms with van der Waals surface area (Å²) in [6.45, 7) is 2.48. The fourth-order valence-electron chi connectivity index (χ4n) is 2.25. The fraction of sp³-hybridized carbons (Fsp3) is 0.176. The van der Waals surface area contributed by atoms with E-state index in [1.165, 1.54) is 4.80 Å². The SMILES string of the molecule is Cc1ccccc1CNC(=O)Cn1nnc(-c2ccccc2Cl)n1. The maximum absolute atomic E-state index is 12.0. The molecule has 24 heavy (non-hydrogen) atoms. The van der Waals surface area contributed by atoms with Crippen LogP contribution < -0.4 is 5.32 Å². The number of carbonyl (C=O) groups is 1. The first-order chi connectivity index (χ1) is 11.6. The number of carbonyl (C=O) groups excluding carboxylic acids is 1. The average Bonchev–Trinajstić information content (AvgIpc) is 3.03. The van der Waals surface area contributed by atoms with Crippen molar-refractivity contribution >= 4 is 17.5 Å². The minimum atomic E-state index is -0.179. The number of tetrazole rings is 1. The molecule has 3 aromatic rings. The van der Waals surface area contributed by atoms with E-state index in [9.17, 15) is 4.79 Å². The molecule has 3 rings (SSSR count). The predicted molar refractivity (Wildman–Crippen MR) is 91.3 cm³/mol. The van der Waals surface area contributed by atoms with Crippen LogP contribution in [0.4, 0.5) is 0 Å². The fourth-order valence-corrected chi connectivity index (χ4v) is 2.47. The van der Waals surface area contributed by atoms with Gasteiger partial charge < -0.3 is 5.32 Å². The second-order valence-corrected chi connectivity index (χ2v) is 5.73. The Hall–Kier alpha value is -2.73.